The minimum Gasteiger partial charge on any atom is -0.383 e. The van der Waals surface area contributed by atoms with Gasteiger partial charge in [0.15, 0.2) is 0 Å². The van der Waals surface area contributed by atoms with Gasteiger partial charge >= 0.3 is 0 Å². The SMILES string of the molecule is CN(F)C(=O)c1cc2c(cn1)nc(N)c1cnn(C)c12. The summed E-state index contributed by atoms with van der Waals surface area (Å²) in [7, 11) is 2.78. The maximum Gasteiger partial charge on any atom is 0.299 e. The van der Waals surface area contributed by atoms with Gasteiger partial charge in [0.05, 0.1) is 28.8 Å². The van der Waals surface area contributed by atoms with Gasteiger partial charge in [0.25, 0.3) is 5.91 Å². The molecule has 0 aliphatic rings. The Labute approximate surface area is 112 Å². The zero-order chi connectivity index (χ0) is 14.4. The topological polar surface area (TPSA) is 89.9 Å². The molecule has 8 heteroatoms. The first-order valence-electron chi connectivity index (χ1n) is 5.80. The number of amides is 1. The fourth-order valence-corrected chi connectivity index (χ4v) is 2.14. The molecule has 3 aromatic heterocycles. The highest BCUT2D eigenvalue weighted by atomic mass is 19.2. The molecule has 0 spiro atoms. The third-order valence-corrected chi connectivity index (χ3v) is 3.09. The lowest BCUT2D eigenvalue weighted by atomic mass is 10.1. The van der Waals surface area contributed by atoms with Gasteiger partial charge in [-0.1, -0.05) is 4.48 Å². The number of nitrogens with zero attached hydrogens (tertiary/aromatic N) is 5. The molecule has 0 saturated carbocycles. The molecule has 7 nitrogen and oxygen atoms in total. The van der Waals surface area contributed by atoms with Gasteiger partial charge in [-0.3, -0.25) is 9.48 Å². The minimum atomic E-state index is -0.820. The van der Waals surface area contributed by atoms with E-state index in [1.807, 2.05) is 0 Å². The van der Waals surface area contributed by atoms with E-state index in [9.17, 15) is 9.28 Å². The largest absolute Gasteiger partial charge is 0.383 e. The van der Waals surface area contributed by atoms with Crippen LogP contribution in [0.3, 0.4) is 0 Å². The standard InChI is InChI=1S/C12H11FN6O/c1-18(13)12(20)8-3-6-9(5-15-8)17-11(14)7-4-16-19(2)10(6)7/h3-5H,1-2H3,(H2,14,17). The summed E-state index contributed by atoms with van der Waals surface area (Å²) >= 11 is 0. The Kier molecular flexibility index (Phi) is 2.53. The molecule has 0 fully saturated rings. The van der Waals surface area contributed by atoms with Crippen molar-refractivity contribution < 1.29 is 9.28 Å². The van der Waals surface area contributed by atoms with Crippen molar-refractivity contribution in [1.29, 1.82) is 0 Å². The van der Waals surface area contributed by atoms with Crippen LogP contribution >= 0.6 is 0 Å². The van der Waals surface area contributed by atoms with Crippen LogP contribution in [0.5, 0.6) is 0 Å². The number of halogens is 1. The monoisotopic (exact) mass is 274 g/mol. The number of anilines is 1. The second-order valence-electron chi connectivity index (χ2n) is 4.40. The Balaban J connectivity index is 2.38. The molecule has 0 atom stereocenters. The number of aromatic nitrogens is 4. The molecular weight excluding hydrogens is 263 g/mol. The number of nitrogens with two attached hydrogens (primary N) is 1. The Morgan fingerprint density at radius 2 is 2.15 bits per heavy atom. The van der Waals surface area contributed by atoms with Crippen LogP contribution in [0.2, 0.25) is 0 Å². The number of aryl methyl sites for hydroxylation is 1. The number of hydrogen-bond acceptors (Lipinski definition) is 5. The Bertz CT molecular complexity index is 841. The van der Waals surface area contributed by atoms with Crippen molar-refractivity contribution in [2.45, 2.75) is 0 Å². The summed E-state index contributed by atoms with van der Waals surface area (Å²) in [4.78, 5) is 19.8. The summed E-state index contributed by atoms with van der Waals surface area (Å²) < 4.78 is 14.6. The smallest absolute Gasteiger partial charge is 0.299 e. The molecule has 3 aromatic rings. The van der Waals surface area contributed by atoms with Crippen molar-refractivity contribution in [2.75, 3.05) is 12.8 Å². The van der Waals surface area contributed by atoms with Crippen molar-refractivity contribution >= 4 is 33.5 Å². The predicted molar refractivity (Wildman–Crippen MR) is 71.4 cm³/mol. The highest BCUT2D eigenvalue weighted by Gasteiger charge is 2.16. The number of pyridine rings is 2. The molecule has 0 bridgehead atoms. The molecular formula is C12H11FN6O. The molecule has 0 aliphatic carbocycles. The lowest BCUT2D eigenvalue weighted by molar-refractivity contribution is 0.0337. The minimum absolute atomic E-state index is 0.00317. The summed E-state index contributed by atoms with van der Waals surface area (Å²) in [5.74, 6) is -0.483. The van der Waals surface area contributed by atoms with E-state index in [1.165, 1.54) is 12.3 Å². The number of rotatable bonds is 1. The van der Waals surface area contributed by atoms with E-state index in [0.29, 0.717) is 22.1 Å². The Morgan fingerprint density at radius 1 is 1.40 bits per heavy atom. The highest BCUT2D eigenvalue weighted by Crippen LogP contribution is 2.27. The molecule has 0 radical (unpaired) electrons. The third-order valence-electron chi connectivity index (χ3n) is 3.09. The highest BCUT2D eigenvalue weighted by molar-refractivity contribution is 6.09. The predicted octanol–water partition coefficient (Wildman–Crippen LogP) is 1.06. The van der Waals surface area contributed by atoms with Crippen LogP contribution < -0.4 is 5.73 Å². The first kappa shape index (κ1) is 12.3. The average molecular weight is 274 g/mol. The van der Waals surface area contributed by atoms with Crippen LogP contribution in [-0.2, 0) is 7.05 Å². The van der Waals surface area contributed by atoms with Crippen LogP contribution in [-0.4, -0.2) is 37.8 Å². The lowest BCUT2D eigenvalue weighted by Crippen LogP contribution is -2.18. The molecule has 3 heterocycles. The van der Waals surface area contributed by atoms with Crippen LogP contribution in [0.4, 0.5) is 10.3 Å². The Hall–Kier alpha value is -2.77. The van der Waals surface area contributed by atoms with E-state index in [4.69, 9.17) is 5.73 Å². The van der Waals surface area contributed by atoms with Gasteiger partial charge in [0, 0.05) is 19.5 Å². The van der Waals surface area contributed by atoms with Gasteiger partial charge in [-0.05, 0) is 6.07 Å². The normalized spacial score (nSPS) is 11.2. The van der Waals surface area contributed by atoms with Crippen LogP contribution in [0.25, 0.3) is 21.8 Å². The molecule has 0 saturated heterocycles. The summed E-state index contributed by atoms with van der Waals surface area (Å²) in [6.07, 6.45) is 3.00. The second-order valence-corrected chi connectivity index (χ2v) is 4.40. The van der Waals surface area contributed by atoms with E-state index in [-0.39, 0.29) is 10.8 Å². The van der Waals surface area contributed by atoms with Gasteiger partial charge < -0.3 is 5.73 Å². The molecule has 0 aromatic carbocycles. The van der Waals surface area contributed by atoms with E-state index in [2.05, 4.69) is 15.1 Å². The fourth-order valence-electron chi connectivity index (χ4n) is 2.14. The van der Waals surface area contributed by atoms with Crippen LogP contribution in [0.1, 0.15) is 10.5 Å². The van der Waals surface area contributed by atoms with Gasteiger partial charge in [-0.2, -0.15) is 10.2 Å². The van der Waals surface area contributed by atoms with E-state index in [0.717, 1.165) is 12.6 Å². The van der Waals surface area contributed by atoms with E-state index >= 15 is 0 Å². The summed E-state index contributed by atoms with van der Waals surface area (Å²) in [6, 6.07) is 1.49. The van der Waals surface area contributed by atoms with Gasteiger partial charge in [0.1, 0.15) is 11.5 Å². The molecule has 0 unspecified atom stereocenters. The molecule has 102 valence electrons. The Morgan fingerprint density at radius 3 is 2.85 bits per heavy atom. The first-order valence-corrected chi connectivity index (χ1v) is 5.80. The van der Waals surface area contributed by atoms with Crippen molar-refractivity contribution in [2.24, 2.45) is 7.05 Å². The maximum absolute atomic E-state index is 13.0. The summed E-state index contributed by atoms with van der Waals surface area (Å²) in [5, 5.41) is 5.44. The summed E-state index contributed by atoms with van der Waals surface area (Å²) in [5.41, 5.74) is 7.10. The fraction of sp³-hybridized carbons (Fsp3) is 0.167. The molecule has 0 aliphatic heterocycles. The lowest BCUT2D eigenvalue weighted by Gasteiger charge is -2.07. The average Bonchev–Trinajstić information content (AvgIpc) is 2.81. The number of carbonyl (C=O) groups is 1. The molecule has 20 heavy (non-hydrogen) atoms. The van der Waals surface area contributed by atoms with Crippen molar-refractivity contribution in [3.05, 3.63) is 24.2 Å². The van der Waals surface area contributed by atoms with Gasteiger partial charge in [0.2, 0.25) is 0 Å². The second kappa shape index (κ2) is 4.12. The van der Waals surface area contributed by atoms with E-state index in [1.54, 1.807) is 17.9 Å². The number of carbonyl (C=O) groups excluding carboxylic acids is 1. The summed E-state index contributed by atoms with van der Waals surface area (Å²) in [6.45, 7) is 0. The van der Waals surface area contributed by atoms with Gasteiger partial charge in [-0.25, -0.2) is 9.97 Å². The zero-order valence-corrected chi connectivity index (χ0v) is 10.8. The molecule has 3 rings (SSSR count). The quantitative estimate of drug-likeness (QED) is 0.670. The molecule has 2 N–H and O–H groups in total. The number of fused-ring (bicyclic) bond motifs is 3. The zero-order valence-electron chi connectivity index (χ0n) is 10.8. The maximum atomic E-state index is 13.0. The number of nitrogen functional groups attached to an aromatic ring is 1. The van der Waals surface area contributed by atoms with Crippen molar-refractivity contribution in [1.82, 2.24) is 24.9 Å². The van der Waals surface area contributed by atoms with E-state index < -0.39 is 5.91 Å². The third kappa shape index (κ3) is 1.65. The first-order chi connectivity index (χ1) is 9.49. The van der Waals surface area contributed by atoms with Crippen molar-refractivity contribution in [3.8, 4) is 0 Å². The van der Waals surface area contributed by atoms with Crippen molar-refractivity contribution in [3.63, 3.8) is 0 Å². The van der Waals surface area contributed by atoms with Gasteiger partial charge in [-0.15, -0.1) is 0 Å². The van der Waals surface area contributed by atoms with Crippen LogP contribution in [0.15, 0.2) is 18.5 Å². The number of hydrogen-bond donors (Lipinski definition) is 1. The molecule has 1 amide bonds. The van der Waals surface area contributed by atoms with Crippen LogP contribution in [0, 0.1) is 0 Å².